The van der Waals surface area contributed by atoms with Gasteiger partial charge in [-0.25, -0.2) is 8.78 Å². The van der Waals surface area contributed by atoms with E-state index in [0.717, 1.165) is 37.5 Å². The van der Waals surface area contributed by atoms with Crippen molar-refractivity contribution < 1.29 is 13.5 Å². The Hall–Kier alpha value is -1.74. The van der Waals surface area contributed by atoms with Gasteiger partial charge in [-0.3, -0.25) is 0 Å². The lowest BCUT2D eigenvalue weighted by Gasteiger charge is -2.28. The van der Waals surface area contributed by atoms with Gasteiger partial charge in [0.15, 0.2) is 0 Å². The maximum Gasteiger partial charge on any atom is 0.131 e. The van der Waals surface area contributed by atoms with Crippen molar-refractivity contribution in [3.63, 3.8) is 0 Å². The summed E-state index contributed by atoms with van der Waals surface area (Å²) < 4.78 is 35.9. The summed E-state index contributed by atoms with van der Waals surface area (Å²) in [6.45, 7) is 6.24. The highest BCUT2D eigenvalue weighted by Crippen LogP contribution is 2.38. The number of halogens is 2. The van der Waals surface area contributed by atoms with Crippen molar-refractivity contribution in [3.8, 4) is 11.1 Å². The molecule has 2 aromatic carbocycles. The van der Waals surface area contributed by atoms with Crippen LogP contribution in [0.2, 0.25) is 0 Å². The molecule has 0 saturated heterocycles. The Morgan fingerprint density at radius 1 is 0.730 bits per heavy atom. The van der Waals surface area contributed by atoms with E-state index in [0.29, 0.717) is 35.3 Å². The van der Waals surface area contributed by atoms with Crippen LogP contribution in [0.4, 0.5) is 8.78 Å². The molecule has 0 unspecified atom stereocenters. The minimum atomic E-state index is -0.306. The van der Waals surface area contributed by atoms with E-state index in [1.54, 1.807) is 0 Å². The summed E-state index contributed by atoms with van der Waals surface area (Å²) >= 11 is 0. The molecule has 2 aliphatic carbocycles. The number of hydrogen-bond donors (Lipinski definition) is 0. The van der Waals surface area contributed by atoms with E-state index in [-0.39, 0.29) is 11.6 Å². The topological polar surface area (TPSA) is 9.23 Å². The van der Waals surface area contributed by atoms with Gasteiger partial charge in [0.1, 0.15) is 11.6 Å². The third kappa shape index (κ3) is 8.12. The largest absolute Gasteiger partial charge is 0.381 e. The smallest absolute Gasteiger partial charge is 0.131 e. The molecule has 3 heteroatoms. The lowest BCUT2D eigenvalue weighted by Crippen LogP contribution is -2.18. The molecule has 0 amide bonds. The molecule has 204 valence electrons. The van der Waals surface area contributed by atoms with Gasteiger partial charge in [0.25, 0.3) is 0 Å². The number of rotatable bonds is 12. The molecule has 0 heterocycles. The van der Waals surface area contributed by atoms with Crippen LogP contribution in [-0.2, 0) is 11.2 Å². The molecule has 0 bridgehead atoms. The second kappa shape index (κ2) is 14.4. The van der Waals surface area contributed by atoms with Crippen LogP contribution in [0.3, 0.4) is 0 Å². The van der Waals surface area contributed by atoms with E-state index in [9.17, 15) is 4.39 Å². The van der Waals surface area contributed by atoms with E-state index >= 15 is 4.39 Å². The molecular formula is C34H48F2O. The number of aryl methyl sites for hydroxylation is 1. The average Bonchev–Trinajstić information content (AvgIpc) is 2.93. The van der Waals surface area contributed by atoms with Gasteiger partial charge in [0.2, 0.25) is 0 Å². The zero-order valence-corrected chi connectivity index (χ0v) is 23.3. The van der Waals surface area contributed by atoms with E-state index in [4.69, 9.17) is 4.74 Å². The molecule has 0 radical (unpaired) electrons. The Balaban J connectivity index is 1.29. The van der Waals surface area contributed by atoms with Crippen LogP contribution in [0.5, 0.6) is 0 Å². The number of benzene rings is 2. The molecule has 37 heavy (non-hydrogen) atoms. The van der Waals surface area contributed by atoms with Crippen molar-refractivity contribution >= 4 is 0 Å². The van der Waals surface area contributed by atoms with E-state index in [2.05, 4.69) is 26.0 Å². The fourth-order valence-electron chi connectivity index (χ4n) is 6.67. The fraction of sp³-hybridized carbons (Fsp3) is 0.647. The molecule has 2 aliphatic rings. The minimum absolute atomic E-state index is 0.264. The zero-order chi connectivity index (χ0) is 26.0. The third-order valence-electron chi connectivity index (χ3n) is 9.16. The van der Waals surface area contributed by atoms with Gasteiger partial charge in [0, 0.05) is 18.8 Å². The van der Waals surface area contributed by atoms with E-state index in [1.807, 2.05) is 12.1 Å². The maximum absolute atomic E-state index is 15.1. The summed E-state index contributed by atoms with van der Waals surface area (Å²) in [4.78, 5) is 0. The van der Waals surface area contributed by atoms with Crippen LogP contribution in [-0.4, -0.2) is 13.2 Å². The first-order valence-corrected chi connectivity index (χ1v) is 15.2. The van der Waals surface area contributed by atoms with Crippen molar-refractivity contribution in [2.24, 2.45) is 17.8 Å². The van der Waals surface area contributed by atoms with Crippen LogP contribution in [0, 0.1) is 29.4 Å². The highest BCUT2D eigenvalue weighted by molar-refractivity contribution is 5.65. The highest BCUT2D eigenvalue weighted by Gasteiger charge is 2.23. The first kappa shape index (κ1) is 28.3. The van der Waals surface area contributed by atoms with Crippen molar-refractivity contribution in [1.29, 1.82) is 0 Å². The van der Waals surface area contributed by atoms with Gasteiger partial charge in [0.05, 0.1) is 0 Å². The lowest BCUT2D eigenvalue weighted by molar-refractivity contribution is 0.0808. The third-order valence-corrected chi connectivity index (χ3v) is 9.16. The van der Waals surface area contributed by atoms with Crippen LogP contribution in [0.1, 0.15) is 114 Å². The number of hydrogen-bond acceptors (Lipinski definition) is 1. The van der Waals surface area contributed by atoms with Crippen molar-refractivity contribution in [1.82, 2.24) is 0 Å². The normalized spacial score (nSPS) is 24.3. The Morgan fingerprint density at radius 2 is 1.38 bits per heavy atom. The standard InChI is InChI=1S/C34H48F2O/c1-3-5-21-37-24-27-12-14-28(15-13-27)29-17-19-30(20-18-29)32-23-33(35)31(22-34(32)36)16-11-26-9-7-25(6-4-2)8-10-26/h17-20,22-23,25-28H,3-16,21,24H2,1-2H3. The molecule has 2 aromatic rings. The van der Waals surface area contributed by atoms with Gasteiger partial charge in [-0.2, -0.15) is 0 Å². The average molecular weight is 511 g/mol. The van der Waals surface area contributed by atoms with Gasteiger partial charge < -0.3 is 4.74 Å². The first-order valence-electron chi connectivity index (χ1n) is 15.2. The fourth-order valence-corrected chi connectivity index (χ4v) is 6.67. The predicted molar refractivity (Wildman–Crippen MR) is 151 cm³/mol. The minimum Gasteiger partial charge on any atom is -0.381 e. The van der Waals surface area contributed by atoms with Gasteiger partial charge in [-0.1, -0.05) is 83.1 Å². The second-order valence-corrected chi connectivity index (χ2v) is 11.9. The lowest BCUT2D eigenvalue weighted by atomic mass is 9.78. The molecule has 0 atom stereocenters. The molecular weight excluding hydrogens is 462 g/mol. The summed E-state index contributed by atoms with van der Waals surface area (Å²) in [5.41, 5.74) is 2.99. The zero-order valence-electron chi connectivity index (χ0n) is 23.3. The first-order chi connectivity index (χ1) is 18.1. The highest BCUT2D eigenvalue weighted by atomic mass is 19.1. The Morgan fingerprint density at radius 3 is 2.03 bits per heavy atom. The van der Waals surface area contributed by atoms with Gasteiger partial charge >= 0.3 is 0 Å². The summed E-state index contributed by atoms with van der Waals surface area (Å²) in [7, 11) is 0. The molecule has 0 aromatic heterocycles. The number of ether oxygens (including phenoxy) is 1. The van der Waals surface area contributed by atoms with E-state index in [1.165, 1.54) is 88.3 Å². The SMILES string of the molecule is CCCCOCC1CCC(c2ccc(-c3cc(F)c(CCC4CCC(CCC)CC4)cc3F)cc2)CC1. The van der Waals surface area contributed by atoms with Crippen molar-refractivity contribution in [3.05, 3.63) is 59.2 Å². The monoisotopic (exact) mass is 510 g/mol. The Kier molecular flexibility index (Phi) is 11.0. The van der Waals surface area contributed by atoms with Crippen LogP contribution >= 0.6 is 0 Å². The summed E-state index contributed by atoms with van der Waals surface area (Å²) in [5, 5.41) is 0. The Bertz CT molecular complexity index is 937. The molecule has 1 nitrogen and oxygen atoms in total. The van der Waals surface area contributed by atoms with Gasteiger partial charge in [-0.05, 0) is 97.4 Å². The second-order valence-electron chi connectivity index (χ2n) is 11.9. The van der Waals surface area contributed by atoms with E-state index < -0.39 is 0 Å². The molecule has 4 rings (SSSR count). The molecule has 0 N–H and O–H groups in total. The van der Waals surface area contributed by atoms with Crippen molar-refractivity contribution in [2.45, 2.75) is 110 Å². The van der Waals surface area contributed by atoms with Crippen LogP contribution < -0.4 is 0 Å². The Labute approximate surface area is 224 Å². The molecule has 2 saturated carbocycles. The summed E-state index contributed by atoms with van der Waals surface area (Å²) in [6.07, 6.45) is 16.4. The molecule has 0 spiro atoms. The molecule has 2 fully saturated rings. The van der Waals surface area contributed by atoms with Gasteiger partial charge in [-0.15, -0.1) is 0 Å². The maximum atomic E-state index is 15.1. The summed E-state index contributed by atoms with van der Waals surface area (Å²) in [6, 6.07) is 11.1. The quantitative estimate of drug-likeness (QED) is 0.258. The van der Waals surface area contributed by atoms with Crippen LogP contribution in [0.25, 0.3) is 11.1 Å². The van der Waals surface area contributed by atoms with Crippen molar-refractivity contribution in [2.75, 3.05) is 13.2 Å². The molecule has 0 aliphatic heterocycles. The van der Waals surface area contributed by atoms with Crippen LogP contribution in [0.15, 0.2) is 36.4 Å². The summed E-state index contributed by atoms with van der Waals surface area (Å²) in [5.74, 6) is 2.21. The predicted octanol–water partition coefficient (Wildman–Crippen LogP) is 10.3. The number of unbranched alkanes of at least 4 members (excludes halogenated alkanes) is 1.